The van der Waals surface area contributed by atoms with Gasteiger partial charge in [-0.15, -0.1) is 0 Å². The summed E-state index contributed by atoms with van der Waals surface area (Å²) in [4.78, 5) is 0. The van der Waals surface area contributed by atoms with Gasteiger partial charge >= 0.3 is 0 Å². The average molecular weight is 445 g/mol. The normalized spacial score (nSPS) is 19.0. The predicted molar refractivity (Wildman–Crippen MR) is 127 cm³/mol. The van der Waals surface area contributed by atoms with Gasteiger partial charge in [-0.2, -0.15) is 0 Å². The van der Waals surface area contributed by atoms with Crippen molar-refractivity contribution in [3.05, 3.63) is 65.0 Å². The van der Waals surface area contributed by atoms with Gasteiger partial charge in [0.25, 0.3) is 0 Å². The molecule has 1 aliphatic carbocycles. The summed E-state index contributed by atoms with van der Waals surface area (Å²) < 4.78 is 32.6. The molecule has 0 amide bonds. The molecule has 0 radical (unpaired) electrons. The highest BCUT2D eigenvalue weighted by Crippen LogP contribution is 2.44. The van der Waals surface area contributed by atoms with Crippen LogP contribution in [0.2, 0.25) is 17.6 Å². The second-order valence-electron chi connectivity index (χ2n) is 10.1. The first kappa shape index (κ1) is 24.0. The van der Waals surface area contributed by atoms with Crippen molar-refractivity contribution >= 4 is 8.32 Å². The summed E-state index contributed by atoms with van der Waals surface area (Å²) in [5.74, 6) is 0.878. The molecule has 3 nitrogen and oxygen atoms in total. The zero-order valence-electron chi connectivity index (χ0n) is 19.8. The molecule has 5 heteroatoms. The van der Waals surface area contributed by atoms with E-state index in [-0.39, 0.29) is 17.0 Å². The quantitative estimate of drug-likeness (QED) is 0.411. The van der Waals surface area contributed by atoms with Crippen LogP contribution in [-0.4, -0.2) is 28.1 Å². The van der Waals surface area contributed by atoms with Crippen LogP contribution in [0.5, 0.6) is 5.75 Å². The molecule has 0 N–H and O–H groups in total. The minimum Gasteiger partial charge on any atom is -0.491 e. The summed E-state index contributed by atoms with van der Waals surface area (Å²) >= 11 is 0. The molecule has 1 aliphatic rings. The van der Waals surface area contributed by atoms with E-state index in [4.69, 9.17) is 13.9 Å². The van der Waals surface area contributed by atoms with E-state index in [0.29, 0.717) is 24.9 Å². The van der Waals surface area contributed by atoms with Gasteiger partial charge in [0.1, 0.15) is 18.2 Å². The van der Waals surface area contributed by atoms with Gasteiger partial charge in [0.2, 0.25) is 0 Å². The summed E-state index contributed by atoms with van der Waals surface area (Å²) in [7, 11) is -0.0573. The fourth-order valence-electron chi connectivity index (χ4n) is 4.30. The van der Waals surface area contributed by atoms with Gasteiger partial charge < -0.3 is 13.9 Å². The van der Waals surface area contributed by atoms with Gasteiger partial charge in [0.05, 0.1) is 12.7 Å². The van der Waals surface area contributed by atoms with Crippen LogP contribution < -0.4 is 4.74 Å². The van der Waals surface area contributed by atoms with Crippen LogP contribution in [0.3, 0.4) is 0 Å². The molecule has 0 saturated carbocycles. The van der Waals surface area contributed by atoms with E-state index in [9.17, 15) is 4.39 Å². The number of halogens is 1. The number of hydrogen-bond acceptors (Lipinski definition) is 3. The third kappa shape index (κ3) is 5.97. The average Bonchev–Trinajstić information content (AvgIpc) is 3.13. The van der Waals surface area contributed by atoms with Crippen molar-refractivity contribution in [3.63, 3.8) is 0 Å². The third-order valence-electron chi connectivity index (χ3n) is 6.84. The molecule has 3 rings (SSSR count). The van der Waals surface area contributed by atoms with Crippen LogP contribution in [-0.2, 0) is 28.6 Å². The van der Waals surface area contributed by atoms with Crippen LogP contribution in [0.15, 0.2) is 42.5 Å². The maximum atomic E-state index is 14.8. The van der Waals surface area contributed by atoms with E-state index in [1.165, 1.54) is 6.07 Å². The molecule has 0 aliphatic heterocycles. The summed E-state index contributed by atoms with van der Waals surface area (Å²) in [5.41, 5.74) is 3.07. The van der Waals surface area contributed by atoms with E-state index in [1.807, 2.05) is 50.4 Å². The lowest BCUT2D eigenvalue weighted by Crippen LogP contribution is -2.44. The third-order valence-corrected chi connectivity index (χ3v) is 12.3. The predicted octanol–water partition coefficient (Wildman–Crippen LogP) is 6.55. The van der Waals surface area contributed by atoms with Gasteiger partial charge in [-0.25, -0.2) is 4.39 Å². The fourth-order valence-corrected chi connectivity index (χ4v) is 7.08. The molecule has 2 aromatic carbocycles. The molecule has 0 bridgehead atoms. The largest absolute Gasteiger partial charge is 0.491 e. The maximum absolute atomic E-state index is 14.8. The molecular weight excluding hydrogens is 407 g/mol. The summed E-state index contributed by atoms with van der Waals surface area (Å²) in [5, 5.41) is 0.152. The molecule has 0 fully saturated rings. The monoisotopic (exact) mass is 444 g/mol. The molecule has 170 valence electrons. The Kier molecular flexibility index (Phi) is 7.61. The molecule has 0 spiro atoms. The molecule has 0 saturated heterocycles. The van der Waals surface area contributed by atoms with E-state index in [0.717, 1.165) is 35.6 Å². The zero-order valence-corrected chi connectivity index (χ0v) is 20.8. The fraction of sp³-hybridized carbons (Fsp3) is 0.538. The standard InChI is InChI=1S/C26H37FO3Si/c1-19(29-17-20-10-8-7-9-11-20)16-30-23-14-22-12-21(13-24(22)25(27)15-23)18-31(6,28-5)26(2,3)4/h7-11,14-15,19,21H,12-13,16-18H2,1-6H3. The zero-order chi connectivity index (χ0) is 22.6. The van der Waals surface area contributed by atoms with Crippen LogP contribution >= 0.6 is 0 Å². The molecule has 31 heavy (non-hydrogen) atoms. The maximum Gasteiger partial charge on any atom is 0.194 e. The molecule has 0 heterocycles. The highest BCUT2D eigenvalue weighted by Gasteiger charge is 2.44. The van der Waals surface area contributed by atoms with E-state index < -0.39 is 8.32 Å². The van der Waals surface area contributed by atoms with Crippen molar-refractivity contribution in [2.24, 2.45) is 5.92 Å². The number of ether oxygens (including phenoxy) is 2. The Morgan fingerprint density at radius 1 is 1.13 bits per heavy atom. The van der Waals surface area contributed by atoms with Crippen molar-refractivity contribution in [3.8, 4) is 5.75 Å². The van der Waals surface area contributed by atoms with Gasteiger partial charge in [-0.1, -0.05) is 51.1 Å². The Labute approximate surface area is 188 Å². The van der Waals surface area contributed by atoms with Crippen LogP contribution in [0.25, 0.3) is 0 Å². The Morgan fingerprint density at radius 3 is 2.48 bits per heavy atom. The molecule has 3 unspecified atom stereocenters. The number of hydrogen-bond donors (Lipinski definition) is 0. The number of rotatable bonds is 9. The number of fused-ring (bicyclic) bond motifs is 1. The topological polar surface area (TPSA) is 27.7 Å². The summed E-state index contributed by atoms with van der Waals surface area (Å²) in [6.07, 6.45) is 1.61. The Balaban J connectivity index is 1.57. The first-order valence-electron chi connectivity index (χ1n) is 11.3. The second kappa shape index (κ2) is 9.84. The van der Waals surface area contributed by atoms with Crippen molar-refractivity contribution in [2.75, 3.05) is 13.7 Å². The lowest BCUT2D eigenvalue weighted by molar-refractivity contribution is 0.0213. The van der Waals surface area contributed by atoms with Crippen molar-refractivity contribution in [2.45, 2.75) is 70.9 Å². The van der Waals surface area contributed by atoms with Crippen molar-refractivity contribution in [1.29, 1.82) is 0 Å². The summed E-state index contributed by atoms with van der Waals surface area (Å²) in [6, 6.07) is 14.7. The smallest absolute Gasteiger partial charge is 0.194 e. The lowest BCUT2D eigenvalue weighted by atomic mass is 10.1. The van der Waals surface area contributed by atoms with Crippen molar-refractivity contribution < 1.29 is 18.3 Å². The van der Waals surface area contributed by atoms with Crippen molar-refractivity contribution in [1.82, 2.24) is 0 Å². The Hall–Kier alpha value is -1.69. The molecule has 3 atom stereocenters. The highest BCUT2D eigenvalue weighted by atomic mass is 28.4. The molecular formula is C26H37FO3Si. The van der Waals surface area contributed by atoms with Gasteiger partial charge in [0, 0.05) is 13.2 Å². The minimum absolute atomic E-state index is 0.0792. The first-order chi connectivity index (χ1) is 14.6. The molecule has 2 aromatic rings. The van der Waals surface area contributed by atoms with E-state index in [2.05, 4.69) is 27.3 Å². The van der Waals surface area contributed by atoms with Gasteiger partial charge in [-0.3, -0.25) is 0 Å². The van der Waals surface area contributed by atoms with E-state index in [1.54, 1.807) is 0 Å². The first-order valence-corrected chi connectivity index (χ1v) is 13.9. The molecule has 0 aromatic heterocycles. The SMILES string of the molecule is CO[Si](C)(CC1Cc2cc(OCC(C)OCc3ccccc3)cc(F)c2C1)C(C)(C)C. The lowest BCUT2D eigenvalue weighted by Gasteiger charge is -2.39. The van der Waals surface area contributed by atoms with Crippen LogP contribution in [0.4, 0.5) is 4.39 Å². The van der Waals surface area contributed by atoms with Crippen LogP contribution in [0, 0.1) is 11.7 Å². The Bertz CT molecular complexity index is 865. The van der Waals surface area contributed by atoms with Gasteiger partial charge in [-0.05, 0) is 66.1 Å². The highest BCUT2D eigenvalue weighted by molar-refractivity contribution is 6.75. The Morgan fingerprint density at radius 2 is 1.84 bits per heavy atom. The number of benzene rings is 2. The van der Waals surface area contributed by atoms with Gasteiger partial charge in [0.15, 0.2) is 8.32 Å². The van der Waals surface area contributed by atoms with E-state index >= 15 is 0 Å². The minimum atomic E-state index is -1.90. The summed E-state index contributed by atoms with van der Waals surface area (Å²) in [6.45, 7) is 12.0. The second-order valence-corrected chi connectivity index (χ2v) is 14.9. The van der Waals surface area contributed by atoms with Crippen LogP contribution in [0.1, 0.15) is 44.4 Å².